The summed E-state index contributed by atoms with van der Waals surface area (Å²) >= 11 is 6.34. The molecule has 1 aliphatic rings. The van der Waals surface area contributed by atoms with Gasteiger partial charge in [-0.25, -0.2) is 9.78 Å². The fourth-order valence-corrected chi connectivity index (χ4v) is 4.75. The van der Waals surface area contributed by atoms with Crippen LogP contribution in [0.25, 0.3) is 22.2 Å². The highest BCUT2D eigenvalue weighted by atomic mass is 35.5. The molecule has 1 amide bonds. The lowest BCUT2D eigenvalue weighted by Crippen LogP contribution is -2.40. The topological polar surface area (TPSA) is 89.4 Å². The third kappa shape index (κ3) is 5.02. The number of amides is 1. The van der Waals surface area contributed by atoms with Crippen LogP contribution in [0.5, 0.6) is 0 Å². The number of nitrogens with one attached hydrogen (secondary N) is 1. The molecule has 0 saturated heterocycles. The van der Waals surface area contributed by atoms with Gasteiger partial charge in [0.2, 0.25) is 5.95 Å². The van der Waals surface area contributed by atoms with Crippen LogP contribution in [0, 0.1) is 0 Å². The van der Waals surface area contributed by atoms with Crippen molar-refractivity contribution in [3.8, 4) is 11.1 Å². The van der Waals surface area contributed by atoms with E-state index in [1.54, 1.807) is 30.3 Å². The molecule has 9 heteroatoms. The first kappa shape index (κ1) is 24.8. The summed E-state index contributed by atoms with van der Waals surface area (Å²) in [6.45, 7) is 6.61. The van der Waals surface area contributed by atoms with Crippen molar-refractivity contribution in [2.75, 3.05) is 11.9 Å². The van der Waals surface area contributed by atoms with Gasteiger partial charge in [0.25, 0.3) is 5.56 Å². The number of hydrogen-bond acceptors (Lipinski definition) is 6. The second-order valence-electron chi connectivity index (χ2n) is 10.1. The Kier molecular flexibility index (Phi) is 6.37. The number of anilines is 2. The summed E-state index contributed by atoms with van der Waals surface area (Å²) < 4.78 is 7.05. The highest BCUT2D eigenvalue weighted by molar-refractivity contribution is 6.33. The van der Waals surface area contributed by atoms with E-state index in [1.807, 2.05) is 57.2 Å². The third-order valence-corrected chi connectivity index (χ3v) is 6.61. The van der Waals surface area contributed by atoms with Crippen LogP contribution in [0.2, 0.25) is 5.02 Å². The van der Waals surface area contributed by atoms with Crippen LogP contribution in [-0.2, 0) is 24.8 Å². The minimum atomic E-state index is -0.539. The summed E-state index contributed by atoms with van der Waals surface area (Å²) in [6, 6.07) is 15.0. The van der Waals surface area contributed by atoms with E-state index < -0.39 is 5.60 Å². The van der Waals surface area contributed by atoms with Crippen molar-refractivity contribution >= 4 is 40.4 Å². The molecule has 0 bridgehead atoms. The molecule has 37 heavy (non-hydrogen) atoms. The third-order valence-electron chi connectivity index (χ3n) is 6.28. The fourth-order valence-electron chi connectivity index (χ4n) is 4.51. The normalized spacial score (nSPS) is 13.4. The van der Waals surface area contributed by atoms with Crippen LogP contribution >= 0.6 is 11.6 Å². The largest absolute Gasteiger partial charge is 0.444 e. The Morgan fingerprint density at radius 1 is 1.11 bits per heavy atom. The van der Waals surface area contributed by atoms with Gasteiger partial charge in [-0.3, -0.25) is 9.36 Å². The molecule has 4 aromatic rings. The number of carbonyl (C=O) groups excluding carboxylic acids is 1. The second kappa shape index (κ2) is 9.52. The maximum Gasteiger partial charge on any atom is 0.410 e. The van der Waals surface area contributed by atoms with Crippen LogP contribution in [0.3, 0.4) is 0 Å². The van der Waals surface area contributed by atoms with Crippen molar-refractivity contribution in [2.45, 2.75) is 39.3 Å². The Labute approximate surface area is 219 Å². The number of carbonyl (C=O) groups is 1. The van der Waals surface area contributed by atoms with Gasteiger partial charge in [0.1, 0.15) is 11.2 Å². The Morgan fingerprint density at radius 2 is 1.89 bits per heavy atom. The van der Waals surface area contributed by atoms with Gasteiger partial charge < -0.3 is 15.0 Å². The molecule has 0 fully saturated rings. The van der Waals surface area contributed by atoms with E-state index in [4.69, 9.17) is 16.3 Å². The van der Waals surface area contributed by atoms with Crippen LogP contribution < -0.4 is 10.9 Å². The lowest BCUT2D eigenvalue weighted by atomic mass is 9.98. The summed E-state index contributed by atoms with van der Waals surface area (Å²) in [5.74, 6) is 0.385. The monoisotopic (exact) mass is 517 g/mol. The second-order valence-corrected chi connectivity index (χ2v) is 10.5. The van der Waals surface area contributed by atoms with Gasteiger partial charge in [-0.1, -0.05) is 41.9 Å². The average molecular weight is 518 g/mol. The minimum absolute atomic E-state index is 0.190. The van der Waals surface area contributed by atoms with E-state index in [0.29, 0.717) is 47.3 Å². The summed E-state index contributed by atoms with van der Waals surface area (Å²) in [7, 11) is 1.69. The van der Waals surface area contributed by atoms with Crippen molar-refractivity contribution in [1.29, 1.82) is 0 Å². The van der Waals surface area contributed by atoms with Crippen molar-refractivity contribution in [2.24, 2.45) is 7.05 Å². The molecule has 3 heterocycles. The zero-order chi connectivity index (χ0) is 26.3. The molecule has 5 rings (SSSR count). The van der Waals surface area contributed by atoms with Gasteiger partial charge in [-0.2, -0.15) is 4.98 Å². The molecule has 2 aromatic carbocycles. The fraction of sp³-hybridized carbons (Fsp3) is 0.286. The van der Waals surface area contributed by atoms with Gasteiger partial charge in [0.05, 0.1) is 0 Å². The van der Waals surface area contributed by atoms with Gasteiger partial charge in [0, 0.05) is 53.6 Å². The smallest absolute Gasteiger partial charge is 0.410 e. The molecule has 0 spiro atoms. The Hall–Kier alpha value is -3.91. The van der Waals surface area contributed by atoms with Gasteiger partial charge in [-0.05, 0) is 56.5 Å². The van der Waals surface area contributed by atoms with Crippen LogP contribution in [0.1, 0.15) is 31.9 Å². The van der Waals surface area contributed by atoms with E-state index in [-0.39, 0.29) is 11.7 Å². The highest BCUT2D eigenvalue weighted by Gasteiger charge is 2.27. The highest BCUT2D eigenvalue weighted by Crippen LogP contribution is 2.30. The van der Waals surface area contributed by atoms with Gasteiger partial charge in [-0.15, -0.1) is 0 Å². The number of rotatable bonds is 3. The molecular formula is C28H28ClN5O3. The lowest BCUT2D eigenvalue weighted by Gasteiger charge is -2.32. The van der Waals surface area contributed by atoms with Crippen molar-refractivity contribution in [1.82, 2.24) is 19.4 Å². The van der Waals surface area contributed by atoms with E-state index in [2.05, 4.69) is 15.3 Å². The molecule has 1 N–H and O–H groups in total. The average Bonchev–Trinajstić information content (AvgIpc) is 2.86. The molecule has 1 aliphatic heterocycles. The standard InChI is InChI=1S/C28H28ClN5O3/c1-28(2,3)37-27(36)34-13-12-19-17(16-34)8-7-11-23(19)31-26-30-15-18-14-21(20-9-5-6-10-22(20)29)25(35)33(4)24(18)32-26/h5-11,14-15H,12-13,16H2,1-4H3,(H,30,31,32). The number of aryl methyl sites for hydroxylation is 1. The number of aromatic nitrogens is 3. The maximum atomic E-state index is 13.2. The predicted octanol–water partition coefficient (Wildman–Crippen LogP) is 5.69. The molecule has 0 atom stereocenters. The predicted molar refractivity (Wildman–Crippen MR) is 145 cm³/mol. The first-order valence-electron chi connectivity index (χ1n) is 12.1. The molecule has 8 nitrogen and oxygen atoms in total. The first-order chi connectivity index (χ1) is 17.6. The Morgan fingerprint density at radius 3 is 2.65 bits per heavy atom. The van der Waals surface area contributed by atoms with E-state index in [0.717, 1.165) is 22.2 Å². The summed E-state index contributed by atoms with van der Waals surface area (Å²) in [4.78, 5) is 36.6. The van der Waals surface area contributed by atoms with Crippen LogP contribution in [0.4, 0.5) is 16.4 Å². The van der Waals surface area contributed by atoms with E-state index in [1.165, 1.54) is 4.57 Å². The number of halogens is 1. The molecule has 0 unspecified atom stereocenters. The van der Waals surface area contributed by atoms with Crippen molar-refractivity contribution in [3.63, 3.8) is 0 Å². The molecule has 190 valence electrons. The van der Waals surface area contributed by atoms with E-state index in [9.17, 15) is 9.59 Å². The number of ether oxygens (including phenoxy) is 1. The number of nitrogens with zero attached hydrogens (tertiary/aromatic N) is 4. The molecule has 0 saturated carbocycles. The van der Waals surface area contributed by atoms with Crippen LogP contribution in [-0.4, -0.2) is 37.7 Å². The van der Waals surface area contributed by atoms with E-state index >= 15 is 0 Å². The van der Waals surface area contributed by atoms with Gasteiger partial charge in [0.15, 0.2) is 0 Å². The zero-order valence-electron chi connectivity index (χ0n) is 21.2. The number of hydrogen-bond donors (Lipinski definition) is 1. The maximum absolute atomic E-state index is 13.2. The molecule has 0 aliphatic carbocycles. The summed E-state index contributed by atoms with van der Waals surface area (Å²) in [5, 5.41) is 4.55. The lowest BCUT2D eigenvalue weighted by molar-refractivity contribution is 0.0224. The number of benzene rings is 2. The molecule has 0 radical (unpaired) electrons. The minimum Gasteiger partial charge on any atom is -0.444 e. The summed E-state index contributed by atoms with van der Waals surface area (Å²) in [6.07, 6.45) is 2.06. The van der Waals surface area contributed by atoms with Crippen molar-refractivity contribution in [3.05, 3.63) is 81.2 Å². The molecule has 2 aromatic heterocycles. The first-order valence-corrected chi connectivity index (χ1v) is 12.5. The van der Waals surface area contributed by atoms with Crippen molar-refractivity contribution < 1.29 is 9.53 Å². The SMILES string of the molecule is Cn1c(=O)c(-c2ccccc2Cl)cc2cnc(Nc3cccc4c3CCN(C(=O)OC(C)(C)C)C4)nc21. The van der Waals surface area contributed by atoms with Crippen LogP contribution in [0.15, 0.2) is 59.5 Å². The van der Waals surface area contributed by atoms with Gasteiger partial charge >= 0.3 is 6.09 Å². The number of pyridine rings is 1. The quantitative estimate of drug-likeness (QED) is 0.376. The Bertz CT molecular complexity index is 1570. The number of fused-ring (bicyclic) bond motifs is 2. The summed E-state index contributed by atoms with van der Waals surface area (Å²) in [5.41, 5.74) is 3.97. The zero-order valence-corrected chi connectivity index (χ0v) is 22.0. The Balaban J connectivity index is 1.43. The molecular weight excluding hydrogens is 490 g/mol.